The molecule has 0 saturated carbocycles. The number of hydrogen-bond donors (Lipinski definition) is 0. The van der Waals surface area contributed by atoms with Gasteiger partial charge in [0.1, 0.15) is 5.69 Å². The third-order valence-electron chi connectivity index (χ3n) is 6.10. The van der Waals surface area contributed by atoms with Crippen molar-refractivity contribution in [3.63, 3.8) is 0 Å². The summed E-state index contributed by atoms with van der Waals surface area (Å²) >= 11 is 0. The first-order valence-electron chi connectivity index (χ1n) is 10.9. The Morgan fingerprint density at radius 3 is 2.47 bits per heavy atom. The van der Waals surface area contributed by atoms with Gasteiger partial charge in [0.25, 0.3) is 5.91 Å². The Hall–Kier alpha value is -3.74. The van der Waals surface area contributed by atoms with Gasteiger partial charge in [-0.15, -0.1) is 0 Å². The highest BCUT2D eigenvalue weighted by Crippen LogP contribution is 2.28. The smallest absolute Gasteiger partial charge is 0.270 e. The number of guanidine groups is 1. The van der Waals surface area contributed by atoms with Crippen LogP contribution in [0.15, 0.2) is 71.7 Å². The molecule has 162 valence electrons. The summed E-state index contributed by atoms with van der Waals surface area (Å²) in [4.78, 5) is 36.3. The predicted octanol–water partition coefficient (Wildman–Crippen LogP) is 2.90. The Balaban J connectivity index is 1.46. The van der Waals surface area contributed by atoms with Crippen LogP contribution in [0.1, 0.15) is 12.5 Å². The number of benzene rings is 2. The minimum Gasteiger partial charge on any atom is -0.270 e. The molecule has 1 fully saturated rings. The average Bonchev–Trinajstić information content (AvgIpc) is 3.20. The summed E-state index contributed by atoms with van der Waals surface area (Å²) in [6.07, 6.45) is 3.78. The second-order valence-electron chi connectivity index (χ2n) is 8.48. The SMILES string of the molecule is CC1CN(c2ccccc2)C2=[N+](C1)C1C(=O)N(C/C=C/c3ccccc3)C(=O)N(C)C1=N2. The molecule has 0 aliphatic carbocycles. The molecule has 32 heavy (non-hydrogen) atoms. The van der Waals surface area contributed by atoms with Gasteiger partial charge in [0.2, 0.25) is 11.9 Å². The lowest BCUT2D eigenvalue weighted by Gasteiger charge is -2.35. The van der Waals surface area contributed by atoms with Gasteiger partial charge in [-0.25, -0.2) is 14.3 Å². The van der Waals surface area contributed by atoms with E-state index in [4.69, 9.17) is 4.99 Å². The number of hydrogen-bond acceptors (Lipinski definition) is 4. The van der Waals surface area contributed by atoms with Gasteiger partial charge < -0.3 is 0 Å². The van der Waals surface area contributed by atoms with E-state index in [2.05, 4.69) is 16.4 Å². The molecule has 2 aromatic carbocycles. The van der Waals surface area contributed by atoms with Crippen LogP contribution in [0.2, 0.25) is 0 Å². The van der Waals surface area contributed by atoms with Crippen LogP contribution in [0.3, 0.4) is 0 Å². The molecule has 1 saturated heterocycles. The van der Waals surface area contributed by atoms with Crippen LogP contribution >= 0.6 is 0 Å². The maximum atomic E-state index is 13.5. The molecule has 2 unspecified atom stereocenters. The summed E-state index contributed by atoms with van der Waals surface area (Å²) in [6.45, 7) is 3.93. The molecule has 0 radical (unpaired) electrons. The number of fused-ring (bicyclic) bond motifs is 2. The van der Waals surface area contributed by atoms with Crippen molar-refractivity contribution in [2.45, 2.75) is 13.0 Å². The van der Waals surface area contributed by atoms with E-state index < -0.39 is 6.04 Å². The number of anilines is 1. The standard InChI is InChI=1S/C25H26N5O2/c1-18-16-29(20-13-7-4-8-14-20)24-26-22-21(30(24)17-18)23(31)28(25(32)27(22)2)15-9-12-19-10-5-3-6-11-19/h3-14,18,21H,15-17H2,1-2H3/q+1/b12-9+. The van der Waals surface area contributed by atoms with Crippen molar-refractivity contribution in [1.29, 1.82) is 0 Å². The lowest BCUT2D eigenvalue weighted by atomic mass is 10.1. The molecule has 7 heteroatoms. The van der Waals surface area contributed by atoms with Gasteiger partial charge in [0, 0.05) is 19.5 Å². The third-order valence-corrected chi connectivity index (χ3v) is 6.10. The number of carbonyl (C=O) groups excluding carboxylic acids is 2. The van der Waals surface area contributed by atoms with Gasteiger partial charge in [-0.2, -0.15) is 0 Å². The highest BCUT2D eigenvalue weighted by molar-refractivity contribution is 6.24. The first-order valence-corrected chi connectivity index (χ1v) is 10.9. The van der Waals surface area contributed by atoms with E-state index in [-0.39, 0.29) is 18.5 Å². The van der Waals surface area contributed by atoms with E-state index in [0.717, 1.165) is 30.3 Å². The fraction of sp³-hybridized carbons (Fsp3) is 0.280. The number of aliphatic imine (C=N–C) groups is 1. The fourth-order valence-electron chi connectivity index (χ4n) is 4.55. The zero-order valence-corrected chi connectivity index (χ0v) is 18.3. The molecule has 3 amide bonds. The van der Waals surface area contributed by atoms with Crippen molar-refractivity contribution in [2.75, 3.05) is 31.6 Å². The Kier molecular flexibility index (Phi) is 5.09. The predicted molar refractivity (Wildman–Crippen MR) is 125 cm³/mol. The first-order chi connectivity index (χ1) is 15.5. The van der Waals surface area contributed by atoms with Crippen molar-refractivity contribution in [2.24, 2.45) is 10.9 Å². The number of likely N-dealkylation sites (N-methyl/N-ethyl adjacent to an activating group) is 1. The van der Waals surface area contributed by atoms with Gasteiger partial charge in [-0.3, -0.25) is 14.6 Å². The monoisotopic (exact) mass is 428 g/mol. The van der Waals surface area contributed by atoms with Gasteiger partial charge in [-0.05, 0) is 17.7 Å². The maximum absolute atomic E-state index is 13.5. The topological polar surface area (TPSA) is 59.2 Å². The largest absolute Gasteiger partial charge is 0.397 e. The molecular formula is C25H26N5O2+. The van der Waals surface area contributed by atoms with Crippen molar-refractivity contribution in [1.82, 2.24) is 9.80 Å². The highest BCUT2D eigenvalue weighted by Gasteiger charge is 2.54. The molecule has 0 bridgehead atoms. The zero-order chi connectivity index (χ0) is 22.2. The summed E-state index contributed by atoms with van der Waals surface area (Å²) in [7, 11) is 1.70. The van der Waals surface area contributed by atoms with Crippen molar-refractivity contribution in [3.05, 3.63) is 72.3 Å². The van der Waals surface area contributed by atoms with E-state index in [1.165, 1.54) is 9.80 Å². The van der Waals surface area contributed by atoms with Crippen LogP contribution in [0.5, 0.6) is 0 Å². The zero-order valence-electron chi connectivity index (χ0n) is 18.3. The lowest BCUT2D eigenvalue weighted by molar-refractivity contribution is -0.545. The maximum Gasteiger partial charge on any atom is 0.397 e. The van der Waals surface area contributed by atoms with Crippen LogP contribution < -0.4 is 4.90 Å². The van der Waals surface area contributed by atoms with Crippen molar-refractivity contribution in [3.8, 4) is 0 Å². The van der Waals surface area contributed by atoms with E-state index in [1.54, 1.807) is 7.05 Å². The molecule has 7 nitrogen and oxygen atoms in total. The Morgan fingerprint density at radius 2 is 1.75 bits per heavy atom. The van der Waals surface area contributed by atoms with Crippen molar-refractivity contribution < 1.29 is 14.2 Å². The molecule has 3 aliphatic rings. The molecule has 3 aliphatic heterocycles. The van der Waals surface area contributed by atoms with Crippen LogP contribution in [0.25, 0.3) is 6.08 Å². The summed E-state index contributed by atoms with van der Waals surface area (Å²) < 4.78 is 2.05. The number of rotatable bonds is 4. The average molecular weight is 429 g/mol. The number of amidine groups is 1. The molecule has 2 aromatic rings. The molecule has 3 heterocycles. The quantitative estimate of drug-likeness (QED) is 0.704. The van der Waals surface area contributed by atoms with E-state index in [0.29, 0.717) is 11.8 Å². The number of urea groups is 1. The summed E-state index contributed by atoms with van der Waals surface area (Å²) in [5.41, 5.74) is 2.06. The van der Waals surface area contributed by atoms with Crippen LogP contribution in [-0.4, -0.2) is 70.8 Å². The Morgan fingerprint density at radius 1 is 1.06 bits per heavy atom. The number of amides is 3. The summed E-state index contributed by atoms with van der Waals surface area (Å²) in [6, 6.07) is 19.0. The second-order valence-corrected chi connectivity index (χ2v) is 8.48. The number of imide groups is 1. The highest BCUT2D eigenvalue weighted by atomic mass is 16.2. The summed E-state index contributed by atoms with van der Waals surface area (Å²) in [5, 5.41) is 0. The van der Waals surface area contributed by atoms with Gasteiger partial charge in [0.05, 0.1) is 13.1 Å². The number of para-hydroxylation sites is 1. The number of nitrogens with zero attached hydrogens (tertiary/aromatic N) is 5. The van der Waals surface area contributed by atoms with Gasteiger partial charge in [0.15, 0.2) is 0 Å². The molecule has 5 rings (SSSR count). The van der Waals surface area contributed by atoms with Crippen molar-refractivity contribution >= 4 is 35.5 Å². The molecule has 0 spiro atoms. The Labute approximate surface area is 187 Å². The minimum atomic E-state index is -0.577. The Bertz CT molecular complexity index is 1140. The van der Waals surface area contributed by atoms with Crippen LogP contribution in [0, 0.1) is 5.92 Å². The van der Waals surface area contributed by atoms with E-state index in [9.17, 15) is 9.59 Å². The third kappa shape index (κ3) is 3.39. The minimum absolute atomic E-state index is 0.221. The van der Waals surface area contributed by atoms with Crippen LogP contribution in [0.4, 0.5) is 10.5 Å². The van der Waals surface area contributed by atoms with Gasteiger partial charge >= 0.3 is 12.0 Å². The normalized spacial score (nSPS) is 23.1. The molecule has 2 atom stereocenters. The summed E-state index contributed by atoms with van der Waals surface area (Å²) in [5.74, 6) is 1.37. The second kappa shape index (κ2) is 8.07. The van der Waals surface area contributed by atoms with Gasteiger partial charge in [-0.1, -0.05) is 72.6 Å². The van der Waals surface area contributed by atoms with Crippen LogP contribution in [-0.2, 0) is 4.79 Å². The van der Waals surface area contributed by atoms with E-state index >= 15 is 0 Å². The lowest BCUT2D eigenvalue weighted by Crippen LogP contribution is -2.63. The van der Waals surface area contributed by atoms with E-state index in [1.807, 2.05) is 72.8 Å². The first kappa shape index (κ1) is 20.2. The molecular weight excluding hydrogens is 402 g/mol. The number of carbonyl (C=O) groups is 2. The molecule has 0 N–H and O–H groups in total. The molecule has 0 aromatic heterocycles. The fourth-order valence-corrected chi connectivity index (χ4v) is 4.55.